The summed E-state index contributed by atoms with van der Waals surface area (Å²) in [6.45, 7) is 1.75. The first-order chi connectivity index (χ1) is 25.6. The number of fused-ring (bicyclic) bond motifs is 2. The van der Waals surface area contributed by atoms with E-state index >= 15 is 0 Å². The van der Waals surface area contributed by atoms with Gasteiger partial charge in [-0.25, -0.2) is 19.6 Å². The minimum absolute atomic E-state index is 0.175. The van der Waals surface area contributed by atoms with E-state index in [1.165, 1.54) is 0 Å². The molecule has 0 saturated carbocycles. The van der Waals surface area contributed by atoms with Gasteiger partial charge >= 0.3 is 12.2 Å². The van der Waals surface area contributed by atoms with Gasteiger partial charge in [-0.05, 0) is 86.1 Å². The number of carbonyl (C=O) groups is 2. The molecule has 0 aliphatic carbocycles. The monoisotopic (exact) mass is 692 g/mol. The third kappa shape index (κ3) is 7.35. The second kappa shape index (κ2) is 15.0. The molecule has 4 heterocycles. The first-order valence-corrected chi connectivity index (χ1v) is 18.0. The molecule has 262 valence electrons. The average molecular weight is 693 g/mol. The summed E-state index contributed by atoms with van der Waals surface area (Å²) in [6.07, 6.45) is 4.91. The van der Waals surface area contributed by atoms with E-state index in [2.05, 4.69) is 21.8 Å². The van der Waals surface area contributed by atoms with E-state index in [9.17, 15) is 9.59 Å². The molecule has 2 aromatic heterocycles. The van der Waals surface area contributed by atoms with Crippen molar-refractivity contribution in [3.8, 4) is 11.8 Å². The van der Waals surface area contributed by atoms with Crippen LogP contribution in [0, 0.1) is 11.8 Å². The predicted molar refractivity (Wildman–Crippen MR) is 198 cm³/mol. The molecule has 2 saturated heterocycles. The maximum Gasteiger partial charge on any atom is 0.410 e. The number of nitrogens with one attached hydrogen (secondary N) is 2. The molecule has 10 nitrogen and oxygen atoms in total. The van der Waals surface area contributed by atoms with Crippen molar-refractivity contribution in [3.63, 3.8) is 0 Å². The van der Waals surface area contributed by atoms with E-state index < -0.39 is 0 Å². The number of benzene rings is 4. The van der Waals surface area contributed by atoms with Crippen molar-refractivity contribution >= 4 is 34.3 Å². The van der Waals surface area contributed by atoms with Gasteiger partial charge in [0.05, 0.1) is 34.2 Å². The lowest BCUT2D eigenvalue weighted by atomic mass is 10.0. The Morgan fingerprint density at radius 3 is 1.50 bits per heavy atom. The summed E-state index contributed by atoms with van der Waals surface area (Å²) in [4.78, 5) is 46.5. The van der Waals surface area contributed by atoms with Crippen molar-refractivity contribution < 1.29 is 19.1 Å². The molecule has 2 atom stereocenters. The molecule has 0 radical (unpaired) electrons. The number of carbonyl (C=O) groups excluding carboxylic acids is 2. The molecule has 10 heteroatoms. The normalized spacial score (nSPS) is 17.5. The number of rotatable bonds is 6. The first-order valence-electron chi connectivity index (χ1n) is 18.0. The van der Waals surface area contributed by atoms with Crippen LogP contribution in [-0.4, -0.2) is 55.0 Å². The van der Waals surface area contributed by atoms with Crippen LogP contribution in [-0.2, 0) is 22.7 Å². The molecule has 4 aromatic carbocycles. The van der Waals surface area contributed by atoms with Crippen LogP contribution in [0.3, 0.4) is 0 Å². The van der Waals surface area contributed by atoms with Crippen LogP contribution in [0.2, 0.25) is 0 Å². The number of piperidine rings is 2. The third-order valence-electron chi connectivity index (χ3n) is 9.87. The number of aromatic nitrogens is 4. The Bertz CT molecular complexity index is 2100. The van der Waals surface area contributed by atoms with Crippen molar-refractivity contribution in [2.45, 2.75) is 63.8 Å². The standard InChI is InChI=1S/C42H40N6O4/c49-41(51-27-31-11-3-1-4-12-31)47-23-9-7-15-37(47)39-43-33-21-19-29(25-35(33)45-39)17-18-30-20-22-34-36(26-30)46-40(44-34)38-16-8-10-24-48(38)42(50)52-28-32-13-5-2-6-14-32/h1-6,11-14,19-22,25-26,37-38H,7-10,15-16,23-24,27-28H2,(H,43,45)(H,44,46). The molecular formula is C42H40N6O4. The van der Waals surface area contributed by atoms with Crippen LogP contribution in [0.15, 0.2) is 97.1 Å². The Balaban J connectivity index is 0.953. The molecule has 0 spiro atoms. The van der Waals surface area contributed by atoms with E-state index in [-0.39, 0.29) is 37.5 Å². The molecule has 8 rings (SSSR count). The summed E-state index contributed by atoms with van der Waals surface area (Å²) in [5, 5.41) is 0. The SMILES string of the molecule is O=C(OCc1ccccc1)N1CCCCC1c1nc2ccc(C#Cc3ccc4nc(C5CCCCN5C(=O)OCc5ccccc5)[nH]c4c3)cc2[nH]1. The molecule has 2 aliphatic heterocycles. The minimum atomic E-state index is -0.320. The van der Waals surface area contributed by atoms with Crippen molar-refractivity contribution in [1.82, 2.24) is 29.7 Å². The van der Waals surface area contributed by atoms with E-state index in [0.29, 0.717) is 13.1 Å². The molecule has 52 heavy (non-hydrogen) atoms. The molecule has 2 aliphatic rings. The molecular weight excluding hydrogens is 652 g/mol. The molecule has 2 unspecified atom stereocenters. The van der Waals surface area contributed by atoms with Crippen molar-refractivity contribution in [1.29, 1.82) is 0 Å². The summed E-state index contributed by atoms with van der Waals surface area (Å²) < 4.78 is 11.4. The van der Waals surface area contributed by atoms with Crippen molar-refractivity contribution in [2.75, 3.05) is 13.1 Å². The number of nitrogens with zero attached hydrogens (tertiary/aromatic N) is 4. The van der Waals surface area contributed by atoms with Crippen LogP contribution < -0.4 is 0 Å². The lowest BCUT2D eigenvalue weighted by Crippen LogP contribution is -2.39. The van der Waals surface area contributed by atoms with Gasteiger partial charge in [-0.3, -0.25) is 9.80 Å². The summed E-state index contributed by atoms with van der Waals surface area (Å²) in [7, 11) is 0. The highest BCUT2D eigenvalue weighted by Crippen LogP contribution is 2.33. The highest BCUT2D eigenvalue weighted by molar-refractivity contribution is 5.79. The second-order valence-electron chi connectivity index (χ2n) is 13.4. The number of H-pyrrole nitrogens is 2. The van der Waals surface area contributed by atoms with Crippen LogP contribution in [0.4, 0.5) is 9.59 Å². The van der Waals surface area contributed by atoms with Crippen LogP contribution >= 0.6 is 0 Å². The van der Waals surface area contributed by atoms with Gasteiger partial charge < -0.3 is 19.4 Å². The average Bonchev–Trinajstić information content (AvgIpc) is 3.83. The zero-order valence-corrected chi connectivity index (χ0v) is 28.9. The van der Waals surface area contributed by atoms with Gasteiger partial charge in [0.15, 0.2) is 0 Å². The summed E-state index contributed by atoms with van der Waals surface area (Å²) in [5.41, 5.74) is 7.02. The number of imidazole rings is 2. The lowest BCUT2D eigenvalue weighted by molar-refractivity contribution is 0.0655. The van der Waals surface area contributed by atoms with Gasteiger partial charge in [0, 0.05) is 24.2 Å². The van der Waals surface area contributed by atoms with Gasteiger partial charge in [0.25, 0.3) is 0 Å². The Hall–Kier alpha value is -6.08. The topological polar surface area (TPSA) is 116 Å². The van der Waals surface area contributed by atoms with Crippen molar-refractivity contribution in [2.24, 2.45) is 0 Å². The Morgan fingerprint density at radius 1 is 0.615 bits per heavy atom. The summed E-state index contributed by atoms with van der Waals surface area (Å²) >= 11 is 0. The number of hydrogen-bond acceptors (Lipinski definition) is 6. The lowest BCUT2D eigenvalue weighted by Gasteiger charge is -2.33. The summed E-state index contributed by atoms with van der Waals surface area (Å²) in [5.74, 6) is 8.12. The Morgan fingerprint density at radius 2 is 1.06 bits per heavy atom. The van der Waals surface area contributed by atoms with Gasteiger partial charge in [0.1, 0.15) is 24.9 Å². The molecule has 6 aromatic rings. The van der Waals surface area contributed by atoms with Gasteiger partial charge in [-0.15, -0.1) is 0 Å². The van der Waals surface area contributed by atoms with E-state index in [0.717, 1.165) is 94.5 Å². The number of ether oxygens (including phenoxy) is 2. The largest absolute Gasteiger partial charge is 0.445 e. The first kappa shape index (κ1) is 33.1. The fraction of sp³-hybridized carbons (Fsp3) is 0.286. The van der Waals surface area contributed by atoms with E-state index in [4.69, 9.17) is 19.4 Å². The van der Waals surface area contributed by atoms with Crippen LogP contribution in [0.1, 0.15) is 84.5 Å². The number of aromatic amines is 2. The van der Waals surface area contributed by atoms with Gasteiger partial charge in [-0.2, -0.15) is 0 Å². The zero-order valence-electron chi connectivity index (χ0n) is 28.9. The number of likely N-dealkylation sites (tertiary alicyclic amines) is 2. The molecule has 0 bridgehead atoms. The minimum Gasteiger partial charge on any atom is -0.445 e. The van der Waals surface area contributed by atoms with Crippen molar-refractivity contribution in [3.05, 3.63) is 131 Å². The van der Waals surface area contributed by atoms with Gasteiger partial charge in [-0.1, -0.05) is 72.5 Å². The highest BCUT2D eigenvalue weighted by Gasteiger charge is 2.32. The quantitative estimate of drug-likeness (QED) is 0.169. The number of hydrogen-bond donors (Lipinski definition) is 2. The molecule has 2 amide bonds. The predicted octanol–water partition coefficient (Wildman–Crippen LogP) is 8.57. The van der Waals surface area contributed by atoms with Gasteiger partial charge in [0.2, 0.25) is 0 Å². The number of amides is 2. The summed E-state index contributed by atoms with van der Waals surface area (Å²) in [6, 6.07) is 31.0. The zero-order chi connectivity index (χ0) is 35.3. The second-order valence-corrected chi connectivity index (χ2v) is 13.4. The van der Waals surface area contributed by atoms with Crippen LogP contribution in [0.5, 0.6) is 0 Å². The maximum absolute atomic E-state index is 13.1. The fourth-order valence-electron chi connectivity index (χ4n) is 7.15. The Kier molecular flexibility index (Phi) is 9.57. The Labute approximate surface area is 302 Å². The smallest absolute Gasteiger partial charge is 0.410 e. The maximum atomic E-state index is 13.1. The van der Waals surface area contributed by atoms with Crippen LogP contribution in [0.25, 0.3) is 22.1 Å². The fourth-order valence-corrected chi connectivity index (χ4v) is 7.15. The van der Waals surface area contributed by atoms with E-state index in [1.807, 2.05) is 97.1 Å². The molecule has 2 fully saturated rings. The van der Waals surface area contributed by atoms with E-state index in [1.54, 1.807) is 9.80 Å². The third-order valence-corrected chi connectivity index (χ3v) is 9.87. The highest BCUT2D eigenvalue weighted by atomic mass is 16.6. The molecule has 2 N–H and O–H groups in total.